The van der Waals surface area contributed by atoms with Crippen LogP contribution in [-0.2, 0) is 9.53 Å². The molecule has 1 saturated carbocycles. The van der Waals surface area contributed by atoms with Crippen molar-refractivity contribution in [2.24, 2.45) is 22.1 Å². The molecule has 12 heavy (non-hydrogen) atoms. The smallest absolute Gasteiger partial charge is 0.315 e. The van der Waals surface area contributed by atoms with Gasteiger partial charge in [0.15, 0.2) is 0 Å². The first-order chi connectivity index (χ1) is 5.61. The van der Waals surface area contributed by atoms with E-state index in [2.05, 4.69) is 10.2 Å². The maximum Gasteiger partial charge on any atom is 0.315 e. The second-order valence-electron chi connectivity index (χ2n) is 4.31. The van der Waals surface area contributed by atoms with Crippen LogP contribution in [0.2, 0.25) is 0 Å². The Labute approximate surface area is 70.0 Å². The topological polar surface area (TPSA) is 51.0 Å². The van der Waals surface area contributed by atoms with Crippen LogP contribution in [-0.4, -0.2) is 23.7 Å². The van der Waals surface area contributed by atoms with Gasteiger partial charge in [0.05, 0.1) is 11.6 Å². The van der Waals surface area contributed by atoms with Crippen LogP contribution in [0, 0.1) is 11.8 Å². The van der Waals surface area contributed by atoms with Gasteiger partial charge in [-0.05, 0) is 13.8 Å². The highest BCUT2D eigenvalue weighted by atomic mass is 16.6. The molecule has 2 heterocycles. The molecular weight excluding hydrogens is 156 g/mol. The fourth-order valence-electron chi connectivity index (χ4n) is 2.50. The van der Waals surface area contributed by atoms with Crippen LogP contribution in [0.15, 0.2) is 10.2 Å². The summed E-state index contributed by atoms with van der Waals surface area (Å²) in [6.07, 6.45) is 0.118. The Bertz CT molecular complexity index is 297. The maximum absolute atomic E-state index is 10.9. The Hall–Kier alpha value is -0.930. The van der Waals surface area contributed by atoms with E-state index in [-0.39, 0.29) is 29.6 Å². The minimum absolute atomic E-state index is 0.0422. The molecule has 0 aromatic rings. The molecule has 1 saturated heterocycles. The molecular formula is C8H10N2O2. The second kappa shape index (κ2) is 1.56. The molecule has 2 fully saturated rings. The van der Waals surface area contributed by atoms with Crippen LogP contribution < -0.4 is 0 Å². The molecule has 2 aliphatic heterocycles. The summed E-state index contributed by atoms with van der Waals surface area (Å²) in [5, 5.41) is 8.27. The predicted molar refractivity (Wildman–Crippen MR) is 39.6 cm³/mol. The number of azo groups is 1. The van der Waals surface area contributed by atoms with Gasteiger partial charge in [0.25, 0.3) is 0 Å². The summed E-state index contributed by atoms with van der Waals surface area (Å²) >= 11 is 0. The van der Waals surface area contributed by atoms with Crippen molar-refractivity contribution < 1.29 is 9.53 Å². The van der Waals surface area contributed by atoms with Gasteiger partial charge in [-0.3, -0.25) is 4.79 Å². The number of rotatable bonds is 0. The number of fused-ring (bicyclic) bond motifs is 4. The van der Waals surface area contributed by atoms with E-state index in [0.29, 0.717) is 5.92 Å². The zero-order chi connectivity index (χ0) is 8.51. The number of carbonyl (C=O) groups is 1. The number of carbonyl (C=O) groups excluding carboxylic acids is 1. The zero-order valence-electron chi connectivity index (χ0n) is 7.02. The minimum Gasteiger partial charge on any atom is -0.461 e. The molecule has 4 nitrogen and oxygen atoms in total. The third-order valence-electron chi connectivity index (χ3n) is 3.23. The highest BCUT2D eigenvalue weighted by Gasteiger charge is 2.70. The number of nitrogens with zero attached hydrogens (tertiary/aromatic N) is 2. The van der Waals surface area contributed by atoms with Crippen molar-refractivity contribution in [2.45, 2.75) is 31.5 Å². The molecule has 3 aliphatic rings. The lowest BCUT2D eigenvalue weighted by molar-refractivity contribution is -0.225. The average molecular weight is 166 g/mol. The minimum atomic E-state index is -0.119. The first-order valence-electron chi connectivity index (χ1n) is 4.24. The van der Waals surface area contributed by atoms with Gasteiger partial charge in [-0.1, -0.05) is 0 Å². The zero-order valence-corrected chi connectivity index (χ0v) is 7.02. The van der Waals surface area contributed by atoms with Crippen molar-refractivity contribution >= 4 is 5.97 Å². The number of hydrogen-bond acceptors (Lipinski definition) is 4. The Morgan fingerprint density at radius 2 is 2.25 bits per heavy atom. The molecule has 1 aliphatic carbocycles. The van der Waals surface area contributed by atoms with Crippen molar-refractivity contribution in [3.63, 3.8) is 0 Å². The van der Waals surface area contributed by atoms with E-state index < -0.39 is 0 Å². The number of ether oxygens (including phenoxy) is 1. The standard InChI is InChI=1S/C8H10N2O2/c1-8(2)4-5(9-10-8)3-6(4)12-7(3)11/h3-6H,1-2H3/t3-,4-,5-,6-/m1/s1. The summed E-state index contributed by atoms with van der Waals surface area (Å²) in [6.45, 7) is 4.09. The van der Waals surface area contributed by atoms with Crippen LogP contribution >= 0.6 is 0 Å². The molecule has 0 spiro atoms. The lowest BCUT2D eigenvalue weighted by Gasteiger charge is -2.54. The van der Waals surface area contributed by atoms with Crippen molar-refractivity contribution in [1.82, 2.24) is 0 Å². The molecule has 0 amide bonds. The van der Waals surface area contributed by atoms with Crippen molar-refractivity contribution in [3.8, 4) is 0 Å². The maximum atomic E-state index is 10.9. The Morgan fingerprint density at radius 3 is 2.92 bits per heavy atom. The first kappa shape index (κ1) is 6.57. The summed E-state index contributed by atoms with van der Waals surface area (Å²) in [7, 11) is 0. The van der Waals surface area contributed by atoms with Gasteiger partial charge in [0.2, 0.25) is 0 Å². The van der Waals surface area contributed by atoms with Gasteiger partial charge in [-0.15, -0.1) is 0 Å². The Morgan fingerprint density at radius 1 is 1.50 bits per heavy atom. The van der Waals surface area contributed by atoms with Crippen LogP contribution in [0.1, 0.15) is 13.8 Å². The van der Waals surface area contributed by atoms with Gasteiger partial charge in [-0.25, -0.2) is 0 Å². The van der Waals surface area contributed by atoms with E-state index in [9.17, 15) is 4.79 Å². The molecule has 0 radical (unpaired) electrons. The van der Waals surface area contributed by atoms with E-state index in [1.54, 1.807) is 0 Å². The monoisotopic (exact) mass is 166 g/mol. The highest BCUT2D eigenvalue weighted by Crippen LogP contribution is 2.56. The SMILES string of the molecule is CC1(C)N=N[C@@H]2[C@H]3C(=O)O[C@H]3[C@@H]21. The Kier molecular flexibility index (Phi) is 0.852. The van der Waals surface area contributed by atoms with Crippen molar-refractivity contribution in [1.29, 1.82) is 0 Å². The lowest BCUT2D eigenvalue weighted by Crippen LogP contribution is -2.70. The predicted octanol–water partition coefficient (Wildman–Crippen LogP) is 0.771. The summed E-state index contributed by atoms with van der Waals surface area (Å²) in [4.78, 5) is 10.9. The molecule has 0 aromatic carbocycles. The van der Waals surface area contributed by atoms with Crippen LogP contribution in [0.4, 0.5) is 0 Å². The van der Waals surface area contributed by atoms with Gasteiger partial charge in [0, 0.05) is 5.92 Å². The van der Waals surface area contributed by atoms with E-state index in [4.69, 9.17) is 4.74 Å². The molecule has 4 heteroatoms. The fourth-order valence-corrected chi connectivity index (χ4v) is 2.50. The average Bonchev–Trinajstić information content (AvgIpc) is 2.16. The first-order valence-corrected chi connectivity index (χ1v) is 4.24. The summed E-state index contributed by atoms with van der Waals surface area (Å²) < 4.78 is 5.03. The molecule has 0 N–H and O–H groups in total. The van der Waals surface area contributed by atoms with Crippen molar-refractivity contribution in [2.75, 3.05) is 0 Å². The summed E-state index contributed by atoms with van der Waals surface area (Å²) in [6, 6.07) is 0.131. The highest BCUT2D eigenvalue weighted by molar-refractivity contribution is 5.82. The van der Waals surface area contributed by atoms with E-state index >= 15 is 0 Å². The van der Waals surface area contributed by atoms with Gasteiger partial charge in [-0.2, -0.15) is 10.2 Å². The molecule has 0 aromatic heterocycles. The van der Waals surface area contributed by atoms with E-state index in [1.807, 2.05) is 13.8 Å². The number of hydrogen-bond donors (Lipinski definition) is 0. The van der Waals surface area contributed by atoms with E-state index in [1.165, 1.54) is 0 Å². The quantitative estimate of drug-likeness (QED) is 0.499. The van der Waals surface area contributed by atoms with Crippen LogP contribution in [0.5, 0.6) is 0 Å². The van der Waals surface area contributed by atoms with Gasteiger partial charge < -0.3 is 4.74 Å². The summed E-state index contributed by atoms with van der Waals surface area (Å²) in [5.41, 5.74) is -0.119. The van der Waals surface area contributed by atoms with Crippen molar-refractivity contribution in [3.05, 3.63) is 0 Å². The van der Waals surface area contributed by atoms with Crippen LogP contribution in [0.25, 0.3) is 0 Å². The summed E-state index contributed by atoms with van der Waals surface area (Å²) in [5.74, 6) is 0.304. The molecule has 4 atom stereocenters. The molecule has 0 unspecified atom stereocenters. The van der Waals surface area contributed by atoms with Gasteiger partial charge >= 0.3 is 5.97 Å². The third kappa shape index (κ3) is 0.480. The normalized spacial score (nSPS) is 51.7. The molecule has 3 rings (SSSR count). The van der Waals surface area contributed by atoms with Crippen LogP contribution in [0.3, 0.4) is 0 Å². The fraction of sp³-hybridized carbons (Fsp3) is 0.875. The third-order valence-corrected chi connectivity index (χ3v) is 3.23. The molecule has 0 bridgehead atoms. The number of esters is 1. The molecule has 64 valence electrons. The lowest BCUT2D eigenvalue weighted by atomic mass is 9.58. The Balaban J connectivity index is 1.93. The second-order valence-corrected chi connectivity index (χ2v) is 4.31. The largest absolute Gasteiger partial charge is 0.461 e. The van der Waals surface area contributed by atoms with Gasteiger partial charge in [0.1, 0.15) is 12.0 Å². The van der Waals surface area contributed by atoms with E-state index in [0.717, 1.165) is 0 Å².